The average molecular weight is 400 g/mol. The van der Waals surface area contributed by atoms with E-state index >= 15 is 0 Å². The van der Waals surface area contributed by atoms with Crippen LogP contribution in [0.15, 0.2) is 52.8 Å². The minimum Gasteiger partial charge on any atom is -0.308 e. The van der Waals surface area contributed by atoms with Crippen molar-refractivity contribution in [3.63, 3.8) is 0 Å². The number of hydrogen-bond donors (Lipinski definition) is 1. The standard InChI is InChI=1S/C15H15BrN4S.ClH/c16-14-5-15(21-9-14)7-17-6-12-1-3-13(4-2-12)8-20-11-18-10-19-20;/h1-5,9-11,17H,6-8H2;1H. The highest BCUT2D eigenvalue weighted by molar-refractivity contribution is 9.10. The van der Waals surface area contributed by atoms with E-state index in [2.05, 4.69) is 67.0 Å². The van der Waals surface area contributed by atoms with E-state index in [4.69, 9.17) is 0 Å². The molecule has 4 nitrogen and oxygen atoms in total. The molecule has 2 aromatic heterocycles. The molecular formula is C15H16BrClN4S. The number of aromatic nitrogens is 3. The first kappa shape index (κ1) is 17.1. The molecule has 0 fully saturated rings. The predicted molar refractivity (Wildman–Crippen MR) is 95.4 cm³/mol. The minimum absolute atomic E-state index is 0. The van der Waals surface area contributed by atoms with E-state index in [-0.39, 0.29) is 12.4 Å². The number of benzene rings is 1. The molecule has 0 radical (unpaired) electrons. The molecule has 2 heterocycles. The lowest BCUT2D eigenvalue weighted by Crippen LogP contribution is -2.11. The van der Waals surface area contributed by atoms with Gasteiger partial charge in [-0.2, -0.15) is 5.10 Å². The van der Waals surface area contributed by atoms with Crippen molar-refractivity contribution in [1.82, 2.24) is 20.1 Å². The summed E-state index contributed by atoms with van der Waals surface area (Å²) in [5.41, 5.74) is 2.51. The van der Waals surface area contributed by atoms with Gasteiger partial charge in [-0.1, -0.05) is 24.3 Å². The summed E-state index contributed by atoms with van der Waals surface area (Å²) in [6.07, 6.45) is 3.29. The highest BCUT2D eigenvalue weighted by Crippen LogP contribution is 2.19. The molecule has 7 heteroatoms. The maximum absolute atomic E-state index is 4.11. The third-order valence-corrected chi connectivity index (χ3v) is 4.78. The minimum atomic E-state index is 0. The first-order valence-corrected chi connectivity index (χ1v) is 8.31. The van der Waals surface area contributed by atoms with Crippen LogP contribution in [0.1, 0.15) is 16.0 Å². The van der Waals surface area contributed by atoms with E-state index in [0.29, 0.717) is 0 Å². The fraction of sp³-hybridized carbons (Fsp3) is 0.200. The molecule has 22 heavy (non-hydrogen) atoms. The van der Waals surface area contributed by atoms with Crippen LogP contribution in [-0.4, -0.2) is 14.8 Å². The number of nitrogens with one attached hydrogen (secondary N) is 1. The zero-order valence-corrected chi connectivity index (χ0v) is 15.0. The molecule has 3 aromatic rings. The Kier molecular flexibility index (Phi) is 6.57. The second-order valence-corrected chi connectivity index (χ2v) is 6.66. The Labute approximate surface area is 148 Å². The van der Waals surface area contributed by atoms with Gasteiger partial charge in [-0.05, 0) is 33.1 Å². The van der Waals surface area contributed by atoms with Crippen molar-refractivity contribution in [1.29, 1.82) is 0 Å². The van der Waals surface area contributed by atoms with Gasteiger partial charge in [0.1, 0.15) is 12.7 Å². The van der Waals surface area contributed by atoms with Crippen molar-refractivity contribution in [3.05, 3.63) is 68.8 Å². The van der Waals surface area contributed by atoms with Gasteiger partial charge in [0, 0.05) is 27.8 Å². The van der Waals surface area contributed by atoms with Crippen molar-refractivity contribution in [2.24, 2.45) is 0 Å². The summed E-state index contributed by atoms with van der Waals surface area (Å²) in [5, 5.41) is 9.68. The molecule has 1 N–H and O–H groups in total. The fourth-order valence-electron chi connectivity index (χ4n) is 2.04. The van der Waals surface area contributed by atoms with E-state index < -0.39 is 0 Å². The molecular weight excluding hydrogens is 384 g/mol. The van der Waals surface area contributed by atoms with E-state index in [1.54, 1.807) is 24.0 Å². The molecule has 116 valence electrons. The molecule has 0 saturated heterocycles. The maximum atomic E-state index is 4.11. The molecule has 0 aliphatic rings. The van der Waals surface area contributed by atoms with Crippen molar-refractivity contribution < 1.29 is 0 Å². The van der Waals surface area contributed by atoms with Gasteiger partial charge in [-0.25, -0.2) is 9.67 Å². The summed E-state index contributed by atoms with van der Waals surface area (Å²) in [6.45, 7) is 2.53. The van der Waals surface area contributed by atoms with Gasteiger partial charge >= 0.3 is 0 Å². The summed E-state index contributed by atoms with van der Waals surface area (Å²) in [5.74, 6) is 0. The predicted octanol–water partition coefficient (Wildman–Crippen LogP) is 3.86. The fourth-order valence-corrected chi connectivity index (χ4v) is 3.46. The van der Waals surface area contributed by atoms with Crippen LogP contribution in [0.4, 0.5) is 0 Å². The molecule has 0 saturated carbocycles. The molecule has 0 aliphatic carbocycles. The SMILES string of the molecule is Brc1csc(CNCc2ccc(Cn3cncn3)cc2)c1.Cl. The van der Waals surface area contributed by atoms with Crippen LogP contribution >= 0.6 is 39.7 Å². The van der Waals surface area contributed by atoms with Crippen molar-refractivity contribution >= 4 is 39.7 Å². The second-order valence-electron chi connectivity index (χ2n) is 4.74. The lowest BCUT2D eigenvalue weighted by molar-refractivity contribution is 0.681. The Morgan fingerprint density at radius 3 is 2.55 bits per heavy atom. The van der Waals surface area contributed by atoms with Gasteiger partial charge in [0.25, 0.3) is 0 Å². The molecule has 0 atom stereocenters. The molecule has 3 rings (SSSR count). The average Bonchev–Trinajstić information content (AvgIpc) is 3.13. The summed E-state index contributed by atoms with van der Waals surface area (Å²) >= 11 is 5.24. The lowest BCUT2D eigenvalue weighted by Gasteiger charge is -2.05. The highest BCUT2D eigenvalue weighted by atomic mass is 79.9. The van der Waals surface area contributed by atoms with Crippen molar-refractivity contribution in [2.75, 3.05) is 0 Å². The summed E-state index contributed by atoms with van der Waals surface area (Å²) < 4.78 is 2.98. The van der Waals surface area contributed by atoms with Crippen LogP contribution in [0.3, 0.4) is 0 Å². The number of rotatable bonds is 6. The summed E-state index contributed by atoms with van der Waals surface area (Å²) in [7, 11) is 0. The Morgan fingerprint density at radius 2 is 1.91 bits per heavy atom. The van der Waals surface area contributed by atoms with Gasteiger partial charge in [0.15, 0.2) is 0 Å². The zero-order chi connectivity index (χ0) is 14.5. The number of halogens is 2. The number of nitrogens with zero attached hydrogens (tertiary/aromatic N) is 3. The molecule has 0 spiro atoms. The third-order valence-electron chi connectivity index (χ3n) is 3.08. The van der Waals surface area contributed by atoms with E-state index in [1.165, 1.54) is 16.0 Å². The van der Waals surface area contributed by atoms with Crippen molar-refractivity contribution in [2.45, 2.75) is 19.6 Å². The van der Waals surface area contributed by atoms with Gasteiger partial charge in [0.05, 0.1) is 6.54 Å². The molecule has 0 bridgehead atoms. The van der Waals surface area contributed by atoms with E-state index in [9.17, 15) is 0 Å². The summed E-state index contributed by atoms with van der Waals surface area (Å²) in [6, 6.07) is 10.7. The monoisotopic (exact) mass is 398 g/mol. The van der Waals surface area contributed by atoms with Crippen LogP contribution in [0.2, 0.25) is 0 Å². The van der Waals surface area contributed by atoms with Crippen LogP contribution in [-0.2, 0) is 19.6 Å². The number of thiophene rings is 1. The lowest BCUT2D eigenvalue weighted by atomic mass is 10.1. The Morgan fingerprint density at radius 1 is 1.14 bits per heavy atom. The Hall–Kier alpha value is -1.21. The topological polar surface area (TPSA) is 42.7 Å². The first-order valence-electron chi connectivity index (χ1n) is 6.63. The van der Waals surface area contributed by atoms with Crippen LogP contribution in [0.25, 0.3) is 0 Å². The van der Waals surface area contributed by atoms with Crippen LogP contribution < -0.4 is 5.32 Å². The Balaban J connectivity index is 0.00000176. The van der Waals surface area contributed by atoms with Gasteiger partial charge in [-0.3, -0.25) is 0 Å². The quantitative estimate of drug-likeness (QED) is 0.684. The molecule has 1 aromatic carbocycles. The molecule has 0 aliphatic heterocycles. The first-order chi connectivity index (χ1) is 10.3. The van der Waals surface area contributed by atoms with E-state index in [1.807, 2.05) is 4.68 Å². The summed E-state index contributed by atoms with van der Waals surface area (Å²) in [4.78, 5) is 5.28. The van der Waals surface area contributed by atoms with Crippen LogP contribution in [0, 0.1) is 0 Å². The number of hydrogen-bond acceptors (Lipinski definition) is 4. The highest BCUT2D eigenvalue weighted by Gasteiger charge is 1.99. The van der Waals surface area contributed by atoms with Gasteiger partial charge < -0.3 is 5.32 Å². The third kappa shape index (κ3) is 4.91. The van der Waals surface area contributed by atoms with Crippen molar-refractivity contribution in [3.8, 4) is 0 Å². The largest absolute Gasteiger partial charge is 0.308 e. The Bertz CT molecular complexity index is 682. The normalized spacial score (nSPS) is 10.4. The zero-order valence-electron chi connectivity index (χ0n) is 11.8. The maximum Gasteiger partial charge on any atom is 0.137 e. The van der Waals surface area contributed by atoms with Crippen LogP contribution in [0.5, 0.6) is 0 Å². The smallest absolute Gasteiger partial charge is 0.137 e. The molecule has 0 unspecified atom stereocenters. The molecule has 0 amide bonds. The second kappa shape index (κ2) is 8.43. The van der Waals surface area contributed by atoms with Gasteiger partial charge in [0.2, 0.25) is 0 Å². The van der Waals surface area contributed by atoms with E-state index in [0.717, 1.165) is 24.1 Å². The van der Waals surface area contributed by atoms with Gasteiger partial charge in [-0.15, -0.1) is 23.7 Å².